The molecule has 0 aromatic carbocycles. The lowest BCUT2D eigenvalue weighted by Gasteiger charge is -2.35. The summed E-state index contributed by atoms with van der Waals surface area (Å²) in [5.74, 6) is 0.904. The summed E-state index contributed by atoms with van der Waals surface area (Å²) < 4.78 is 7.02. The molecule has 3 rings (SSSR count). The number of fused-ring (bicyclic) bond motifs is 1. The standard InChI is InChI=1S/C17H26N6O2/c1-12(2)10-14(22-6-8-25-9-7-22)11-19-16(24)15-20-17-18-5-4-13(3)23(17)21-15/h4-5,12,14H,6-11H2,1-3H3,(H,19,24). The molecule has 1 unspecified atom stereocenters. The molecule has 3 heterocycles. The lowest BCUT2D eigenvalue weighted by Crippen LogP contribution is -2.49. The molecule has 0 bridgehead atoms. The van der Waals surface area contributed by atoms with Crippen molar-refractivity contribution in [3.05, 3.63) is 23.8 Å². The van der Waals surface area contributed by atoms with Gasteiger partial charge in [0.15, 0.2) is 0 Å². The number of amides is 1. The van der Waals surface area contributed by atoms with Crippen LogP contribution in [0.2, 0.25) is 0 Å². The minimum atomic E-state index is -0.257. The van der Waals surface area contributed by atoms with Gasteiger partial charge in [0.05, 0.1) is 13.2 Å². The van der Waals surface area contributed by atoms with Gasteiger partial charge >= 0.3 is 0 Å². The lowest BCUT2D eigenvalue weighted by molar-refractivity contribution is 0.0124. The normalized spacial score (nSPS) is 17.1. The van der Waals surface area contributed by atoms with E-state index < -0.39 is 0 Å². The smallest absolute Gasteiger partial charge is 0.291 e. The maximum Gasteiger partial charge on any atom is 0.291 e. The number of nitrogens with one attached hydrogen (secondary N) is 1. The molecular formula is C17H26N6O2. The van der Waals surface area contributed by atoms with Gasteiger partial charge in [-0.25, -0.2) is 9.50 Å². The number of aryl methyl sites for hydroxylation is 1. The molecule has 0 radical (unpaired) electrons. The van der Waals surface area contributed by atoms with Gasteiger partial charge < -0.3 is 10.1 Å². The average molecular weight is 346 g/mol. The molecule has 1 N–H and O–H groups in total. The molecule has 1 fully saturated rings. The van der Waals surface area contributed by atoms with Crippen molar-refractivity contribution in [2.24, 2.45) is 5.92 Å². The van der Waals surface area contributed by atoms with E-state index >= 15 is 0 Å². The summed E-state index contributed by atoms with van der Waals surface area (Å²) >= 11 is 0. The van der Waals surface area contributed by atoms with Crippen molar-refractivity contribution in [2.45, 2.75) is 33.2 Å². The quantitative estimate of drug-likeness (QED) is 0.837. The van der Waals surface area contributed by atoms with Gasteiger partial charge in [-0.1, -0.05) is 13.8 Å². The predicted molar refractivity (Wildman–Crippen MR) is 93.5 cm³/mol. The number of ether oxygens (including phenoxy) is 1. The Morgan fingerprint density at radius 2 is 2.12 bits per heavy atom. The van der Waals surface area contributed by atoms with Gasteiger partial charge in [0.25, 0.3) is 11.7 Å². The fraction of sp³-hybridized carbons (Fsp3) is 0.647. The summed E-state index contributed by atoms with van der Waals surface area (Å²) in [4.78, 5) is 23.2. The molecule has 2 aromatic heterocycles. The zero-order valence-electron chi connectivity index (χ0n) is 15.1. The van der Waals surface area contributed by atoms with Crippen molar-refractivity contribution >= 4 is 11.7 Å². The van der Waals surface area contributed by atoms with E-state index in [1.54, 1.807) is 10.7 Å². The Bertz CT molecular complexity index is 723. The van der Waals surface area contributed by atoms with Gasteiger partial charge in [0.2, 0.25) is 5.82 Å². The summed E-state index contributed by atoms with van der Waals surface area (Å²) in [6.07, 6.45) is 2.69. The molecule has 0 spiro atoms. The van der Waals surface area contributed by atoms with Gasteiger partial charge in [0, 0.05) is 37.6 Å². The van der Waals surface area contributed by atoms with Crippen LogP contribution in [0, 0.1) is 12.8 Å². The number of hydrogen-bond acceptors (Lipinski definition) is 6. The zero-order valence-corrected chi connectivity index (χ0v) is 15.1. The second kappa shape index (κ2) is 7.88. The van der Waals surface area contributed by atoms with E-state index in [1.807, 2.05) is 13.0 Å². The summed E-state index contributed by atoms with van der Waals surface area (Å²) in [5.41, 5.74) is 0.891. The first-order valence-electron chi connectivity index (χ1n) is 8.83. The molecule has 8 nitrogen and oxygen atoms in total. The van der Waals surface area contributed by atoms with Crippen molar-refractivity contribution in [3.8, 4) is 0 Å². The summed E-state index contributed by atoms with van der Waals surface area (Å²) in [7, 11) is 0. The van der Waals surface area contributed by atoms with E-state index in [-0.39, 0.29) is 11.7 Å². The van der Waals surface area contributed by atoms with E-state index in [0.29, 0.717) is 24.3 Å². The van der Waals surface area contributed by atoms with Crippen molar-refractivity contribution < 1.29 is 9.53 Å². The van der Waals surface area contributed by atoms with Crippen LogP contribution >= 0.6 is 0 Å². The molecule has 1 amide bonds. The number of morpholine rings is 1. The molecule has 136 valence electrons. The Kier molecular flexibility index (Phi) is 5.60. The monoisotopic (exact) mass is 346 g/mol. The number of rotatable bonds is 6. The molecule has 2 aromatic rings. The first kappa shape index (κ1) is 17.8. The third kappa shape index (κ3) is 4.32. The molecule has 1 atom stereocenters. The van der Waals surface area contributed by atoms with Crippen LogP contribution in [0.1, 0.15) is 36.6 Å². The topological polar surface area (TPSA) is 84.7 Å². The van der Waals surface area contributed by atoms with Gasteiger partial charge in [0.1, 0.15) is 0 Å². The highest BCUT2D eigenvalue weighted by Gasteiger charge is 2.23. The number of hydrogen-bond donors (Lipinski definition) is 1. The second-order valence-corrected chi connectivity index (χ2v) is 6.88. The maximum absolute atomic E-state index is 12.5. The van der Waals surface area contributed by atoms with Crippen LogP contribution in [-0.2, 0) is 4.74 Å². The third-order valence-electron chi connectivity index (χ3n) is 4.44. The van der Waals surface area contributed by atoms with E-state index in [1.165, 1.54) is 0 Å². The number of carbonyl (C=O) groups is 1. The minimum Gasteiger partial charge on any atom is -0.379 e. The molecule has 8 heteroatoms. The van der Waals surface area contributed by atoms with Crippen LogP contribution in [0.5, 0.6) is 0 Å². The van der Waals surface area contributed by atoms with E-state index in [4.69, 9.17) is 4.74 Å². The fourth-order valence-electron chi connectivity index (χ4n) is 3.14. The zero-order chi connectivity index (χ0) is 17.8. The van der Waals surface area contributed by atoms with Crippen LogP contribution in [0.4, 0.5) is 0 Å². The first-order chi connectivity index (χ1) is 12.0. The minimum absolute atomic E-state index is 0.159. The van der Waals surface area contributed by atoms with Gasteiger partial charge in [-0.15, -0.1) is 5.10 Å². The van der Waals surface area contributed by atoms with E-state index in [9.17, 15) is 4.79 Å². The lowest BCUT2D eigenvalue weighted by atomic mass is 10.0. The highest BCUT2D eigenvalue weighted by Crippen LogP contribution is 2.13. The van der Waals surface area contributed by atoms with Gasteiger partial charge in [-0.05, 0) is 25.3 Å². The number of aromatic nitrogens is 4. The van der Waals surface area contributed by atoms with E-state index in [2.05, 4.69) is 39.1 Å². The van der Waals surface area contributed by atoms with Crippen LogP contribution in [0.15, 0.2) is 12.3 Å². The highest BCUT2D eigenvalue weighted by atomic mass is 16.5. The van der Waals surface area contributed by atoms with Crippen LogP contribution in [-0.4, -0.2) is 69.3 Å². The fourth-order valence-corrected chi connectivity index (χ4v) is 3.14. The summed E-state index contributed by atoms with van der Waals surface area (Å²) in [5, 5.41) is 7.26. The van der Waals surface area contributed by atoms with Crippen molar-refractivity contribution in [2.75, 3.05) is 32.8 Å². The van der Waals surface area contributed by atoms with Crippen LogP contribution in [0.25, 0.3) is 5.78 Å². The van der Waals surface area contributed by atoms with E-state index in [0.717, 1.165) is 38.4 Å². The van der Waals surface area contributed by atoms with Crippen LogP contribution in [0.3, 0.4) is 0 Å². The van der Waals surface area contributed by atoms with Crippen molar-refractivity contribution in [3.63, 3.8) is 0 Å². The second-order valence-electron chi connectivity index (χ2n) is 6.88. The molecular weight excluding hydrogens is 320 g/mol. The average Bonchev–Trinajstić information content (AvgIpc) is 3.04. The molecule has 0 aliphatic carbocycles. The predicted octanol–water partition coefficient (Wildman–Crippen LogP) is 0.909. The molecule has 25 heavy (non-hydrogen) atoms. The van der Waals surface area contributed by atoms with Gasteiger partial charge in [-0.2, -0.15) is 4.98 Å². The maximum atomic E-state index is 12.5. The van der Waals surface area contributed by atoms with Crippen LogP contribution < -0.4 is 5.32 Å². The summed E-state index contributed by atoms with van der Waals surface area (Å²) in [6.45, 7) is 10.2. The SMILES string of the molecule is Cc1ccnc2nc(C(=O)NCC(CC(C)C)N3CCOCC3)nn12. The Morgan fingerprint density at radius 3 is 2.80 bits per heavy atom. The van der Waals surface area contributed by atoms with Crippen molar-refractivity contribution in [1.29, 1.82) is 0 Å². The number of carbonyl (C=O) groups excluding carboxylic acids is 1. The molecule has 1 aliphatic heterocycles. The largest absolute Gasteiger partial charge is 0.379 e. The molecule has 1 aliphatic rings. The van der Waals surface area contributed by atoms with Gasteiger partial charge in [-0.3, -0.25) is 9.69 Å². The molecule has 1 saturated heterocycles. The first-order valence-corrected chi connectivity index (χ1v) is 8.83. The Hall–Kier alpha value is -2.06. The molecule has 0 saturated carbocycles. The number of nitrogens with zero attached hydrogens (tertiary/aromatic N) is 5. The Balaban J connectivity index is 1.66. The van der Waals surface area contributed by atoms with Crippen molar-refractivity contribution in [1.82, 2.24) is 29.8 Å². The highest BCUT2D eigenvalue weighted by molar-refractivity contribution is 5.90. The third-order valence-corrected chi connectivity index (χ3v) is 4.44. The Labute approximate surface area is 147 Å². The Morgan fingerprint density at radius 1 is 1.36 bits per heavy atom. The summed E-state index contributed by atoms with van der Waals surface area (Å²) in [6, 6.07) is 2.13.